The Labute approximate surface area is 120 Å². The minimum atomic E-state index is -3.74. The summed E-state index contributed by atoms with van der Waals surface area (Å²) in [6.45, 7) is 5.97. The Morgan fingerprint density at radius 2 is 1.90 bits per heavy atom. The third kappa shape index (κ3) is 3.77. The molecule has 0 amide bonds. The Morgan fingerprint density at radius 3 is 2.40 bits per heavy atom. The van der Waals surface area contributed by atoms with Gasteiger partial charge in [0.15, 0.2) is 0 Å². The Balaban J connectivity index is 3.19. The van der Waals surface area contributed by atoms with E-state index in [9.17, 15) is 12.8 Å². The molecule has 6 heteroatoms. The Bertz CT molecular complexity index is 558. The summed E-state index contributed by atoms with van der Waals surface area (Å²) in [7, 11) is -2.21. The molecule has 1 unspecified atom stereocenters. The van der Waals surface area contributed by atoms with Crippen LogP contribution in [0.5, 0.6) is 0 Å². The van der Waals surface area contributed by atoms with Crippen LogP contribution in [0.4, 0.5) is 4.39 Å². The Hall–Kier alpha value is -0.980. The smallest absolute Gasteiger partial charge is 0.243 e. The van der Waals surface area contributed by atoms with E-state index in [2.05, 4.69) is 0 Å². The first-order valence-electron chi connectivity index (χ1n) is 6.66. The van der Waals surface area contributed by atoms with Gasteiger partial charge in [-0.2, -0.15) is 4.31 Å². The third-order valence-corrected chi connectivity index (χ3v) is 5.39. The van der Waals surface area contributed by atoms with Crippen molar-refractivity contribution in [1.82, 2.24) is 4.31 Å². The highest BCUT2D eigenvalue weighted by atomic mass is 32.2. The van der Waals surface area contributed by atoms with Crippen LogP contribution in [0, 0.1) is 11.7 Å². The third-order valence-electron chi connectivity index (χ3n) is 3.34. The zero-order chi connectivity index (χ0) is 15.5. The largest absolute Gasteiger partial charge is 0.326 e. The van der Waals surface area contributed by atoms with Crippen LogP contribution >= 0.6 is 0 Å². The Morgan fingerprint density at radius 1 is 1.30 bits per heavy atom. The predicted octanol–water partition coefficient (Wildman–Crippen LogP) is 2.34. The van der Waals surface area contributed by atoms with Crippen molar-refractivity contribution in [3.63, 3.8) is 0 Å². The lowest BCUT2D eigenvalue weighted by atomic mass is 10.1. The van der Waals surface area contributed by atoms with Crippen LogP contribution < -0.4 is 5.73 Å². The standard InChI is InChI=1S/C14H23FN2O2S/c1-10(2)7-11(3)17(4)20(18,19)14-8-13(15)6-5-12(14)9-16/h5-6,8,10-11H,7,9,16H2,1-4H3. The molecule has 1 aromatic rings. The van der Waals surface area contributed by atoms with Gasteiger partial charge in [0.1, 0.15) is 5.82 Å². The number of halogens is 1. The second-order valence-corrected chi connectivity index (χ2v) is 7.42. The summed E-state index contributed by atoms with van der Waals surface area (Å²) in [4.78, 5) is -0.0434. The second-order valence-electron chi connectivity index (χ2n) is 5.46. The van der Waals surface area contributed by atoms with E-state index >= 15 is 0 Å². The molecule has 1 atom stereocenters. The quantitative estimate of drug-likeness (QED) is 0.877. The molecule has 1 rings (SSSR count). The molecule has 0 aliphatic carbocycles. The summed E-state index contributed by atoms with van der Waals surface area (Å²) in [5, 5.41) is 0. The summed E-state index contributed by atoms with van der Waals surface area (Å²) >= 11 is 0. The Kier molecular flexibility index (Phi) is 5.68. The number of hydrogen-bond donors (Lipinski definition) is 1. The number of hydrogen-bond acceptors (Lipinski definition) is 3. The van der Waals surface area contributed by atoms with Crippen molar-refractivity contribution in [2.45, 2.75) is 44.7 Å². The number of nitrogens with zero attached hydrogens (tertiary/aromatic N) is 1. The number of nitrogens with two attached hydrogens (primary N) is 1. The van der Waals surface area contributed by atoms with E-state index < -0.39 is 15.8 Å². The first kappa shape index (κ1) is 17.1. The molecule has 0 heterocycles. The van der Waals surface area contributed by atoms with Gasteiger partial charge in [0.2, 0.25) is 10.0 Å². The molecule has 114 valence electrons. The highest BCUT2D eigenvalue weighted by Gasteiger charge is 2.28. The zero-order valence-corrected chi connectivity index (χ0v) is 13.2. The number of sulfonamides is 1. The van der Waals surface area contributed by atoms with Gasteiger partial charge in [0, 0.05) is 19.6 Å². The van der Waals surface area contributed by atoms with Gasteiger partial charge in [-0.15, -0.1) is 0 Å². The lowest BCUT2D eigenvalue weighted by molar-refractivity contribution is 0.337. The molecule has 20 heavy (non-hydrogen) atoms. The average molecular weight is 302 g/mol. The van der Waals surface area contributed by atoms with Crippen LogP contribution in [0.3, 0.4) is 0 Å². The van der Waals surface area contributed by atoms with Gasteiger partial charge >= 0.3 is 0 Å². The average Bonchev–Trinajstić information content (AvgIpc) is 2.36. The summed E-state index contributed by atoms with van der Waals surface area (Å²) < 4.78 is 39.8. The van der Waals surface area contributed by atoms with Crippen LogP contribution in [0.25, 0.3) is 0 Å². The van der Waals surface area contributed by atoms with Crippen molar-refractivity contribution in [3.8, 4) is 0 Å². The van der Waals surface area contributed by atoms with Crippen LogP contribution in [0.2, 0.25) is 0 Å². The molecule has 0 spiro atoms. The molecular formula is C14H23FN2O2S. The van der Waals surface area contributed by atoms with E-state index in [0.717, 1.165) is 12.5 Å². The predicted molar refractivity (Wildman–Crippen MR) is 78.2 cm³/mol. The summed E-state index contributed by atoms with van der Waals surface area (Å²) in [5.41, 5.74) is 5.97. The van der Waals surface area contributed by atoms with E-state index in [1.54, 1.807) is 0 Å². The lowest BCUT2D eigenvalue weighted by Crippen LogP contribution is -2.36. The van der Waals surface area contributed by atoms with Gasteiger partial charge in [0.25, 0.3) is 0 Å². The molecule has 4 nitrogen and oxygen atoms in total. The maximum atomic E-state index is 13.4. The van der Waals surface area contributed by atoms with Crippen molar-refractivity contribution in [1.29, 1.82) is 0 Å². The maximum absolute atomic E-state index is 13.4. The molecule has 0 aliphatic heterocycles. The van der Waals surface area contributed by atoms with Gasteiger partial charge < -0.3 is 5.73 Å². The molecule has 0 radical (unpaired) electrons. The zero-order valence-electron chi connectivity index (χ0n) is 12.4. The molecule has 0 aromatic heterocycles. The van der Waals surface area contributed by atoms with E-state index in [-0.39, 0.29) is 17.5 Å². The van der Waals surface area contributed by atoms with Crippen molar-refractivity contribution in [2.75, 3.05) is 7.05 Å². The van der Waals surface area contributed by atoms with E-state index in [1.165, 1.54) is 23.5 Å². The fourth-order valence-electron chi connectivity index (χ4n) is 2.16. The molecule has 1 aromatic carbocycles. The van der Waals surface area contributed by atoms with Gasteiger partial charge in [-0.1, -0.05) is 19.9 Å². The van der Waals surface area contributed by atoms with Gasteiger partial charge in [0.05, 0.1) is 4.90 Å². The highest BCUT2D eigenvalue weighted by molar-refractivity contribution is 7.89. The van der Waals surface area contributed by atoms with Crippen molar-refractivity contribution in [3.05, 3.63) is 29.6 Å². The summed E-state index contributed by atoms with van der Waals surface area (Å²) in [6, 6.07) is 3.52. The molecule has 0 bridgehead atoms. The van der Waals surface area contributed by atoms with Gasteiger partial charge in [-0.25, -0.2) is 12.8 Å². The van der Waals surface area contributed by atoms with Crippen LogP contribution in [-0.2, 0) is 16.6 Å². The van der Waals surface area contributed by atoms with Gasteiger partial charge in [-0.3, -0.25) is 0 Å². The highest BCUT2D eigenvalue weighted by Crippen LogP contribution is 2.23. The first-order valence-corrected chi connectivity index (χ1v) is 8.10. The topological polar surface area (TPSA) is 63.4 Å². The van der Waals surface area contributed by atoms with E-state index in [4.69, 9.17) is 5.73 Å². The van der Waals surface area contributed by atoms with Crippen molar-refractivity contribution < 1.29 is 12.8 Å². The normalized spacial score (nSPS) is 14.0. The molecule has 2 N–H and O–H groups in total. The second kappa shape index (κ2) is 6.65. The first-order chi connectivity index (χ1) is 9.20. The van der Waals surface area contributed by atoms with Crippen molar-refractivity contribution >= 4 is 10.0 Å². The minimum Gasteiger partial charge on any atom is -0.326 e. The molecule has 0 fully saturated rings. The molecular weight excluding hydrogens is 279 g/mol. The molecule has 0 saturated carbocycles. The fourth-order valence-corrected chi connectivity index (χ4v) is 3.77. The van der Waals surface area contributed by atoms with Crippen molar-refractivity contribution in [2.24, 2.45) is 11.7 Å². The van der Waals surface area contributed by atoms with Crippen LogP contribution in [-0.4, -0.2) is 25.8 Å². The molecule has 0 aliphatic rings. The van der Waals surface area contributed by atoms with Crippen LogP contribution in [0.15, 0.2) is 23.1 Å². The maximum Gasteiger partial charge on any atom is 0.243 e. The van der Waals surface area contributed by atoms with E-state index in [1.807, 2.05) is 20.8 Å². The monoisotopic (exact) mass is 302 g/mol. The SMILES string of the molecule is CC(C)CC(C)N(C)S(=O)(=O)c1cc(F)ccc1CN. The molecule has 0 saturated heterocycles. The lowest BCUT2D eigenvalue weighted by Gasteiger charge is -2.26. The van der Waals surface area contributed by atoms with E-state index in [0.29, 0.717) is 11.5 Å². The summed E-state index contributed by atoms with van der Waals surface area (Å²) in [6.07, 6.45) is 0.739. The number of benzene rings is 1. The minimum absolute atomic E-state index is 0.0434. The van der Waals surface area contributed by atoms with Gasteiger partial charge in [-0.05, 0) is 37.0 Å². The number of rotatable bonds is 6. The van der Waals surface area contributed by atoms with Crippen LogP contribution in [0.1, 0.15) is 32.8 Å². The summed E-state index contributed by atoms with van der Waals surface area (Å²) in [5.74, 6) is -0.199. The fraction of sp³-hybridized carbons (Fsp3) is 0.571.